The summed E-state index contributed by atoms with van der Waals surface area (Å²) in [5.74, 6) is -0.931. The number of amides is 3. The number of aromatic nitrogens is 1. The molecule has 3 amide bonds. The first-order valence-electron chi connectivity index (χ1n) is 9.58. The molecule has 0 spiro atoms. The number of thiazole rings is 1. The topological polar surface area (TPSA) is 100 Å². The van der Waals surface area contributed by atoms with Crippen molar-refractivity contribution in [3.63, 3.8) is 0 Å². The van der Waals surface area contributed by atoms with Crippen molar-refractivity contribution in [2.24, 2.45) is 0 Å². The van der Waals surface area contributed by atoms with Crippen molar-refractivity contribution in [3.8, 4) is 0 Å². The first-order chi connectivity index (χ1) is 15.0. The van der Waals surface area contributed by atoms with Crippen LogP contribution < -0.4 is 16.0 Å². The molecule has 0 aliphatic heterocycles. The second-order valence-electron chi connectivity index (χ2n) is 6.59. The molecule has 3 N–H and O–H groups in total. The number of carbonyl (C=O) groups excluding carboxylic acids is 3. The molecule has 0 saturated carbocycles. The summed E-state index contributed by atoms with van der Waals surface area (Å²) in [5, 5.41) is 11.0. The van der Waals surface area contributed by atoms with Gasteiger partial charge in [-0.3, -0.25) is 14.4 Å². The van der Waals surface area contributed by atoms with E-state index in [0.29, 0.717) is 34.3 Å². The predicted molar refractivity (Wildman–Crippen MR) is 120 cm³/mol. The van der Waals surface area contributed by atoms with Crippen LogP contribution in [0.1, 0.15) is 31.4 Å². The molecule has 9 heteroatoms. The van der Waals surface area contributed by atoms with Crippen LogP contribution in [0.5, 0.6) is 0 Å². The smallest absolute Gasteiger partial charge is 0.270 e. The quantitative estimate of drug-likeness (QED) is 0.461. The van der Waals surface area contributed by atoms with Gasteiger partial charge in [-0.1, -0.05) is 41.9 Å². The Morgan fingerprint density at radius 2 is 1.74 bits per heavy atom. The fraction of sp³-hybridized carbons (Fsp3) is 0.182. The third-order valence-corrected chi connectivity index (χ3v) is 5.34. The van der Waals surface area contributed by atoms with Crippen molar-refractivity contribution in [1.29, 1.82) is 0 Å². The highest BCUT2D eigenvalue weighted by Crippen LogP contribution is 2.11. The Hall–Kier alpha value is -3.23. The maximum atomic E-state index is 12.2. The minimum absolute atomic E-state index is 0.143. The van der Waals surface area contributed by atoms with Gasteiger partial charge in [-0.2, -0.15) is 0 Å². The SMILES string of the molecule is O=C(CNC(=O)c1ccccc1)NCc1nc(C(=O)NCCc2cccc(Cl)c2)cs1. The van der Waals surface area contributed by atoms with E-state index in [9.17, 15) is 14.4 Å². The summed E-state index contributed by atoms with van der Waals surface area (Å²) in [4.78, 5) is 40.4. The molecular formula is C22H21ClN4O3S. The number of benzene rings is 2. The van der Waals surface area contributed by atoms with Crippen molar-refractivity contribution in [1.82, 2.24) is 20.9 Å². The van der Waals surface area contributed by atoms with E-state index in [2.05, 4.69) is 20.9 Å². The van der Waals surface area contributed by atoms with Crippen LogP contribution in [0.2, 0.25) is 5.02 Å². The van der Waals surface area contributed by atoms with Gasteiger partial charge in [0.15, 0.2) is 0 Å². The van der Waals surface area contributed by atoms with E-state index in [0.717, 1.165) is 5.56 Å². The van der Waals surface area contributed by atoms with E-state index < -0.39 is 0 Å². The van der Waals surface area contributed by atoms with Crippen LogP contribution in [0.15, 0.2) is 60.0 Å². The molecule has 0 bridgehead atoms. The van der Waals surface area contributed by atoms with E-state index in [1.54, 1.807) is 35.7 Å². The van der Waals surface area contributed by atoms with Crippen LogP contribution in [-0.2, 0) is 17.8 Å². The van der Waals surface area contributed by atoms with Crippen LogP contribution in [0.3, 0.4) is 0 Å². The highest BCUT2D eigenvalue weighted by atomic mass is 35.5. The summed E-state index contributed by atoms with van der Waals surface area (Å²) in [7, 11) is 0. The van der Waals surface area contributed by atoms with Crippen LogP contribution in [0.25, 0.3) is 0 Å². The fourth-order valence-corrected chi connectivity index (χ4v) is 3.62. The zero-order valence-corrected chi connectivity index (χ0v) is 18.1. The molecule has 160 valence electrons. The Balaban J connectivity index is 1.38. The van der Waals surface area contributed by atoms with Gasteiger partial charge in [0.1, 0.15) is 10.7 Å². The number of rotatable bonds is 9. The average molecular weight is 457 g/mol. The van der Waals surface area contributed by atoms with Crippen LogP contribution in [-0.4, -0.2) is 35.8 Å². The van der Waals surface area contributed by atoms with E-state index in [-0.39, 0.29) is 30.8 Å². The van der Waals surface area contributed by atoms with E-state index >= 15 is 0 Å². The molecule has 0 fully saturated rings. The minimum atomic E-state index is -0.341. The number of nitrogens with zero attached hydrogens (tertiary/aromatic N) is 1. The Bertz CT molecular complexity index is 1060. The normalized spacial score (nSPS) is 10.4. The first kappa shape index (κ1) is 22.5. The fourth-order valence-electron chi connectivity index (χ4n) is 2.69. The van der Waals surface area contributed by atoms with Crippen molar-refractivity contribution in [2.45, 2.75) is 13.0 Å². The second kappa shape index (κ2) is 11.2. The molecule has 7 nitrogen and oxygen atoms in total. The van der Waals surface area contributed by atoms with Crippen LogP contribution >= 0.6 is 22.9 Å². The molecule has 0 unspecified atom stereocenters. The van der Waals surface area contributed by atoms with Gasteiger partial charge in [-0.05, 0) is 36.2 Å². The molecule has 0 aliphatic rings. The highest BCUT2D eigenvalue weighted by Gasteiger charge is 2.12. The number of hydrogen-bond acceptors (Lipinski definition) is 5. The summed E-state index contributed by atoms with van der Waals surface area (Å²) < 4.78 is 0. The molecule has 0 aliphatic carbocycles. The van der Waals surface area contributed by atoms with Crippen molar-refractivity contribution in [2.75, 3.05) is 13.1 Å². The van der Waals surface area contributed by atoms with Gasteiger partial charge in [0.05, 0.1) is 13.1 Å². The molecule has 3 aromatic rings. The minimum Gasteiger partial charge on any atom is -0.350 e. The maximum Gasteiger partial charge on any atom is 0.270 e. The third kappa shape index (κ3) is 7.20. The third-order valence-electron chi connectivity index (χ3n) is 4.25. The van der Waals surface area contributed by atoms with Crippen molar-refractivity contribution in [3.05, 3.63) is 86.8 Å². The Morgan fingerprint density at radius 3 is 2.52 bits per heavy atom. The molecular weight excluding hydrogens is 436 g/mol. The summed E-state index contributed by atoms with van der Waals surface area (Å²) in [5.41, 5.74) is 1.83. The number of halogens is 1. The molecule has 0 radical (unpaired) electrons. The van der Waals surface area contributed by atoms with Gasteiger partial charge in [0, 0.05) is 22.5 Å². The lowest BCUT2D eigenvalue weighted by Crippen LogP contribution is -2.36. The summed E-state index contributed by atoms with van der Waals surface area (Å²) >= 11 is 7.24. The monoisotopic (exact) mass is 456 g/mol. The summed E-state index contributed by atoms with van der Waals surface area (Å²) in [6, 6.07) is 16.1. The van der Waals surface area contributed by atoms with Crippen LogP contribution in [0, 0.1) is 0 Å². The number of carbonyl (C=O) groups is 3. The lowest BCUT2D eigenvalue weighted by molar-refractivity contribution is -0.120. The van der Waals surface area contributed by atoms with Gasteiger partial charge in [-0.25, -0.2) is 4.98 Å². The van der Waals surface area contributed by atoms with Crippen molar-refractivity contribution >= 4 is 40.7 Å². The lowest BCUT2D eigenvalue weighted by atomic mass is 10.1. The predicted octanol–water partition coefficient (Wildman–Crippen LogP) is 2.82. The van der Waals surface area contributed by atoms with Gasteiger partial charge < -0.3 is 16.0 Å². The van der Waals surface area contributed by atoms with Gasteiger partial charge in [-0.15, -0.1) is 11.3 Å². The zero-order valence-electron chi connectivity index (χ0n) is 16.6. The second-order valence-corrected chi connectivity index (χ2v) is 7.97. The standard InChI is InChI=1S/C22H21ClN4O3S/c23-17-8-4-5-15(11-17)9-10-24-22(30)18-14-31-20(27-18)13-25-19(28)12-26-21(29)16-6-2-1-3-7-16/h1-8,11,14H,9-10,12-13H2,(H,24,30)(H,25,28)(H,26,29). The van der Waals surface area contributed by atoms with Gasteiger partial charge in [0.2, 0.25) is 5.91 Å². The lowest BCUT2D eigenvalue weighted by Gasteiger charge is -2.06. The van der Waals surface area contributed by atoms with Crippen LogP contribution in [0.4, 0.5) is 0 Å². The zero-order chi connectivity index (χ0) is 22.1. The van der Waals surface area contributed by atoms with E-state index in [1.165, 1.54) is 11.3 Å². The Labute approximate surface area is 188 Å². The largest absolute Gasteiger partial charge is 0.350 e. The average Bonchev–Trinajstić information content (AvgIpc) is 3.26. The van der Waals surface area contributed by atoms with Gasteiger partial charge >= 0.3 is 0 Å². The molecule has 3 rings (SSSR count). The molecule has 0 atom stereocenters. The number of nitrogens with one attached hydrogen (secondary N) is 3. The Kier molecular flexibility index (Phi) is 8.14. The first-order valence-corrected chi connectivity index (χ1v) is 10.8. The van der Waals surface area contributed by atoms with Gasteiger partial charge in [0.25, 0.3) is 11.8 Å². The molecule has 1 heterocycles. The van der Waals surface area contributed by atoms with E-state index in [4.69, 9.17) is 11.6 Å². The number of hydrogen-bond donors (Lipinski definition) is 3. The Morgan fingerprint density at radius 1 is 0.935 bits per heavy atom. The molecule has 31 heavy (non-hydrogen) atoms. The highest BCUT2D eigenvalue weighted by molar-refractivity contribution is 7.09. The van der Waals surface area contributed by atoms with Crippen molar-refractivity contribution < 1.29 is 14.4 Å². The molecule has 1 aromatic heterocycles. The summed E-state index contributed by atoms with van der Waals surface area (Å²) in [6.07, 6.45) is 0.661. The van der Waals surface area contributed by atoms with E-state index in [1.807, 2.05) is 24.3 Å². The summed E-state index contributed by atoms with van der Waals surface area (Å²) in [6.45, 7) is 0.500. The molecule has 0 saturated heterocycles. The molecule has 2 aromatic carbocycles. The maximum absolute atomic E-state index is 12.2.